The molecule has 0 fully saturated rings. The summed E-state index contributed by atoms with van der Waals surface area (Å²) in [7, 11) is 0. The van der Waals surface area contributed by atoms with E-state index >= 15 is 0 Å². The Morgan fingerprint density at radius 1 is 0.714 bits per heavy atom. The van der Waals surface area contributed by atoms with Crippen LogP contribution in [0.2, 0.25) is 0 Å². The summed E-state index contributed by atoms with van der Waals surface area (Å²) in [4.78, 5) is 0. The van der Waals surface area contributed by atoms with E-state index in [1.807, 2.05) is 0 Å². The first kappa shape index (κ1) is 20.3. The van der Waals surface area contributed by atoms with Crippen LogP contribution in [0.3, 0.4) is 0 Å². The Kier molecular flexibility index (Phi) is 6.38. The summed E-state index contributed by atoms with van der Waals surface area (Å²) < 4.78 is 122. The van der Waals surface area contributed by atoms with Gasteiger partial charge in [0.05, 0.1) is 0 Å². The highest BCUT2D eigenvalue weighted by Crippen LogP contribution is 2.50. The van der Waals surface area contributed by atoms with Gasteiger partial charge in [-0.1, -0.05) is 19.8 Å². The maximum absolute atomic E-state index is 13.3. The van der Waals surface area contributed by atoms with Gasteiger partial charge >= 0.3 is 18.5 Å². The van der Waals surface area contributed by atoms with Gasteiger partial charge in [-0.2, -0.15) is 39.5 Å². The SMILES string of the molecule is CC(CCCCC(F)(F)F)CC(F)(C(F)(F)F)C(F)(F)F. The molecule has 0 radical (unpaired) electrons. The Labute approximate surface area is 114 Å². The lowest BCUT2D eigenvalue weighted by Gasteiger charge is -2.32. The second-order valence-electron chi connectivity index (χ2n) is 4.97. The number of unbranched alkanes of at least 4 members (excludes halogenated alkanes) is 1. The second kappa shape index (κ2) is 6.60. The quantitative estimate of drug-likeness (QED) is 0.414. The van der Waals surface area contributed by atoms with Crippen molar-refractivity contribution in [3.05, 3.63) is 0 Å². The van der Waals surface area contributed by atoms with Crippen molar-refractivity contribution in [3.63, 3.8) is 0 Å². The van der Waals surface area contributed by atoms with Crippen LogP contribution in [0, 0.1) is 5.92 Å². The van der Waals surface area contributed by atoms with Crippen LogP contribution in [-0.2, 0) is 0 Å². The van der Waals surface area contributed by atoms with Crippen LogP contribution in [0.15, 0.2) is 0 Å². The third-order valence-electron chi connectivity index (χ3n) is 2.94. The first-order valence-electron chi connectivity index (χ1n) is 5.99. The third-order valence-corrected chi connectivity index (χ3v) is 2.94. The highest BCUT2D eigenvalue weighted by Gasteiger charge is 2.72. The molecule has 10 heteroatoms. The van der Waals surface area contributed by atoms with E-state index in [1.165, 1.54) is 0 Å². The molecule has 0 nitrogen and oxygen atoms in total. The van der Waals surface area contributed by atoms with Crippen molar-refractivity contribution in [1.82, 2.24) is 0 Å². The molecule has 0 spiro atoms. The molecule has 0 aliphatic heterocycles. The van der Waals surface area contributed by atoms with Crippen LogP contribution < -0.4 is 0 Å². The highest BCUT2D eigenvalue weighted by atomic mass is 19.4. The molecule has 0 aliphatic rings. The lowest BCUT2D eigenvalue weighted by molar-refractivity contribution is -0.345. The van der Waals surface area contributed by atoms with Crippen molar-refractivity contribution in [2.24, 2.45) is 5.92 Å². The smallest absolute Gasteiger partial charge is 0.224 e. The largest absolute Gasteiger partial charge is 0.431 e. The molecule has 0 aromatic rings. The molecule has 0 amide bonds. The van der Waals surface area contributed by atoms with E-state index in [4.69, 9.17) is 0 Å². The summed E-state index contributed by atoms with van der Waals surface area (Å²) in [6.07, 6.45) is -20.7. The first-order chi connectivity index (χ1) is 9.10. The van der Waals surface area contributed by atoms with Crippen LogP contribution in [0.25, 0.3) is 0 Å². The maximum Gasteiger partial charge on any atom is 0.431 e. The average molecular weight is 336 g/mol. The van der Waals surface area contributed by atoms with E-state index in [0.717, 1.165) is 6.92 Å². The minimum atomic E-state index is -6.12. The number of halogens is 10. The van der Waals surface area contributed by atoms with Gasteiger partial charge in [0.15, 0.2) is 0 Å². The van der Waals surface area contributed by atoms with Gasteiger partial charge in [0, 0.05) is 12.8 Å². The molecular weight excluding hydrogens is 322 g/mol. The van der Waals surface area contributed by atoms with E-state index in [2.05, 4.69) is 0 Å². The molecule has 128 valence electrons. The summed E-state index contributed by atoms with van der Waals surface area (Å²) >= 11 is 0. The lowest BCUT2D eigenvalue weighted by Crippen LogP contribution is -2.54. The van der Waals surface area contributed by atoms with Crippen molar-refractivity contribution >= 4 is 0 Å². The fourth-order valence-corrected chi connectivity index (χ4v) is 1.79. The maximum atomic E-state index is 13.3. The Hall–Kier alpha value is -0.700. The molecule has 1 atom stereocenters. The van der Waals surface area contributed by atoms with Gasteiger partial charge in [0.1, 0.15) is 0 Å². The normalized spacial score (nSPS) is 16.1. The molecule has 0 bridgehead atoms. The Morgan fingerprint density at radius 3 is 1.48 bits per heavy atom. The molecule has 0 saturated heterocycles. The standard InChI is InChI=1S/C11H14F10/c1-7(4-2-3-5-9(13,14)15)6-8(12,10(16,17)18)11(19,20)21/h7H,2-6H2,1H3. The fourth-order valence-electron chi connectivity index (χ4n) is 1.79. The van der Waals surface area contributed by atoms with E-state index < -0.39 is 49.4 Å². The molecule has 0 aromatic heterocycles. The van der Waals surface area contributed by atoms with E-state index in [9.17, 15) is 43.9 Å². The zero-order chi connectivity index (χ0) is 17.1. The molecule has 0 aliphatic carbocycles. The summed E-state index contributed by atoms with van der Waals surface area (Å²) in [6, 6.07) is 0. The second-order valence-corrected chi connectivity index (χ2v) is 4.97. The molecule has 21 heavy (non-hydrogen) atoms. The fraction of sp³-hybridized carbons (Fsp3) is 1.00. The van der Waals surface area contributed by atoms with Gasteiger partial charge in [-0.15, -0.1) is 0 Å². The van der Waals surface area contributed by atoms with Crippen molar-refractivity contribution < 1.29 is 43.9 Å². The van der Waals surface area contributed by atoms with Crippen LogP contribution >= 0.6 is 0 Å². The first-order valence-corrected chi connectivity index (χ1v) is 5.99. The predicted molar refractivity (Wildman–Crippen MR) is 54.3 cm³/mol. The minimum Gasteiger partial charge on any atom is -0.224 e. The predicted octanol–water partition coefficient (Wildman–Crippen LogP) is 5.97. The minimum absolute atomic E-state index is 0.230. The molecular formula is C11H14F10. The summed E-state index contributed by atoms with van der Waals surface area (Å²) in [5, 5.41) is 0. The number of hydrogen-bond donors (Lipinski definition) is 0. The zero-order valence-corrected chi connectivity index (χ0v) is 10.9. The van der Waals surface area contributed by atoms with Crippen molar-refractivity contribution in [3.8, 4) is 0 Å². The summed E-state index contributed by atoms with van der Waals surface area (Å²) in [5.41, 5.74) is -5.34. The molecule has 0 saturated carbocycles. The van der Waals surface area contributed by atoms with Gasteiger partial charge in [-0.3, -0.25) is 0 Å². The molecule has 0 N–H and O–H groups in total. The van der Waals surface area contributed by atoms with E-state index in [-0.39, 0.29) is 12.8 Å². The van der Waals surface area contributed by atoms with E-state index in [1.54, 1.807) is 0 Å². The van der Waals surface area contributed by atoms with Crippen LogP contribution in [0.1, 0.15) is 39.0 Å². The molecule has 0 rings (SSSR count). The van der Waals surface area contributed by atoms with Gasteiger partial charge < -0.3 is 0 Å². The number of rotatable bonds is 6. The van der Waals surface area contributed by atoms with Gasteiger partial charge in [0.25, 0.3) is 5.67 Å². The number of hydrogen-bond acceptors (Lipinski definition) is 0. The number of alkyl halides is 10. The van der Waals surface area contributed by atoms with Gasteiger partial charge in [-0.05, 0) is 12.3 Å². The molecule has 1 unspecified atom stereocenters. The van der Waals surface area contributed by atoms with Crippen LogP contribution in [-0.4, -0.2) is 24.2 Å². The van der Waals surface area contributed by atoms with Gasteiger partial charge in [0.2, 0.25) is 0 Å². The topological polar surface area (TPSA) is 0 Å². The lowest BCUT2D eigenvalue weighted by atomic mass is 9.88. The van der Waals surface area contributed by atoms with Crippen LogP contribution in [0.4, 0.5) is 43.9 Å². The Morgan fingerprint density at radius 2 is 1.14 bits per heavy atom. The van der Waals surface area contributed by atoms with Crippen molar-refractivity contribution in [2.45, 2.75) is 63.2 Å². The van der Waals surface area contributed by atoms with Crippen LogP contribution in [0.5, 0.6) is 0 Å². The van der Waals surface area contributed by atoms with Crippen molar-refractivity contribution in [1.29, 1.82) is 0 Å². The molecule has 0 aromatic carbocycles. The summed E-state index contributed by atoms with van der Waals surface area (Å²) in [6.45, 7) is 0.944. The Balaban J connectivity index is 4.55. The summed E-state index contributed by atoms with van der Waals surface area (Å²) in [5.74, 6) is -1.36. The zero-order valence-electron chi connectivity index (χ0n) is 10.9. The van der Waals surface area contributed by atoms with Crippen molar-refractivity contribution in [2.75, 3.05) is 0 Å². The average Bonchev–Trinajstić information content (AvgIpc) is 2.19. The monoisotopic (exact) mass is 336 g/mol. The highest BCUT2D eigenvalue weighted by molar-refractivity contribution is 4.95. The van der Waals surface area contributed by atoms with E-state index in [0.29, 0.717) is 0 Å². The Bertz CT molecular complexity index is 296. The molecule has 0 heterocycles. The third kappa shape index (κ3) is 6.29. The van der Waals surface area contributed by atoms with Gasteiger partial charge in [-0.25, -0.2) is 4.39 Å².